The Morgan fingerprint density at radius 3 is 1.94 bits per heavy atom. The summed E-state index contributed by atoms with van der Waals surface area (Å²) in [7, 11) is 1.38. The van der Waals surface area contributed by atoms with E-state index < -0.39 is 48.6 Å². The van der Waals surface area contributed by atoms with E-state index >= 15 is 0 Å². The molecule has 10 nitrogen and oxygen atoms in total. The molecule has 0 spiro atoms. The van der Waals surface area contributed by atoms with Crippen molar-refractivity contribution in [1.29, 1.82) is 0 Å². The van der Waals surface area contributed by atoms with Crippen LogP contribution in [0, 0.1) is 5.92 Å². The maximum absolute atomic E-state index is 11.9. The van der Waals surface area contributed by atoms with E-state index in [2.05, 4.69) is 0 Å². The summed E-state index contributed by atoms with van der Waals surface area (Å²) in [6.45, 7) is 5.85. The highest BCUT2D eigenvalue weighted by Gasteiger charge is 2.51. The Labute approximate surface area is 188 Å². The monoisotopic (exact) mass is 458 g/mol. The lowest BCUT2D eigenvalue weighted by atomic mass is 9.87. The summed E-state index contributed by atoms with van der Waals surface area (Å²) < 4.78 is 33.3. The van der Waals surface area contributed by atoms with Gasteiger partial charge in [-0.15, -0.1) is 0 Å². The van der Waals surface area contributed by atoms with E-state index in [-0.39, 0.29) is 17.8 Å². The van der Waals surface area contributed by atoms with Crippen molar-refractivity contribution >= 4 is 23.7 Å². The van der Waals surface area contributed by atoms with Crippen molar-refractivity contribution in [3.63, 3.8) is 0 Å². The second-order valence-electron chi connectivity index (χ2n) is 8.20. The van der Waals surface area contributed by atoms with Crippen LogP contribution < -0.4 is 0 Å². The Morgan fingerprint density at radius 2 is 1.38 bits per heavy atom. The molecule has 0 N–H and O–H groups in total. The molecule has 0 amide bonds. The molecule has 2 fully saturated rings. The van der Waals surface area contributed by atoms with Gasteiger partial charge in [0.15, 0.2) is 24.6 Å². The van der Waals surface area contributed by atoms with E-state index in [1.807, 2.05) is 0 Å². The summed E-state index contributed by atoms with van der Waals surface area (Å²) in [5.41, 5.74) is 0. The zero-order valence-electron chi connectivity index (χ0n) is 19.4. The molecule has 0 bridgehead atoms. The van der Waals surface area contributed by atoms with E-state index in [1.165, 1.54) is 27.9 Å². The zero-order valence-corrected chi connectivity index (χ0v) is 19.4. The van der Waals surface area contributed by atoms with Crippen LogP contribution in [0.5, 0.6) is 0 Å². The molecule has 0 unspecified atom stereocenters. The fourth-order valence-corrected chi connectivity index (χ4v) is 4.39. The highest BCUT2D eigenvalue weighted by molar-refractivity contribution is 5.79. The maximum atomic E-state index is 11.9. The minimum absolute atomic E-state index is 0.111. The number of methoxy groups -OCH3 is 1. The van der Waals surface area contributed by atoms with Gasteiger partial charge < -0.3 is 28.4 Å². The van der Waals surface area contributed by atoms with Crippen LogP contribution in [0.15, 0.2) is 0 Å². The number of hydrogen-bond donors (Lipinski definition) is 0. The van der Waals surface area contributed by atoms with Gasteiger partial charge in [-0.2, -0.15) is 0 Å². The highest BCUT2D eigenvalue weighted by Crippen LogP contribution is 2.33. The molecule has 10 heteroatoms. The third-order valence-electron chi connectivity index (χ3n) is 5.67. The third-order valence-corrected chi connectivity index (χ3v) is 5.67. The van der Waals surface area contributed by atoms with Crippen LogP contribution in [-0.4, -0.2) is 74.2 Å². The number of hydrogen-bond acceptors (Lipinski definition) is 10. The van der Waals surface area contributed by atoms with Gasteiger partial charge in [-0.3, -0.25) is 19.2 Å². The lowest BCUT2D eigenvalue weighted by Gasteiger charge is -2.44. The molecule has 2 heterocycles. The van der Waals surface area contributed by atoms with Crippen molar-refractivity contribution in [3.8, 4) is 0 Å². The molecular formula is C22H34O10. The number of rotatable bonds is 9. The van der Waals surface area contributed by atoms with E-state index in [4.69, 9.17) is 28.4 Å². The van der Waals surface area contributed by atoms with Crippen molar-refractivity contribution < 1.29 is 47.6 Å². The van der Waals surface area contributed by atoms with Gasteiger partial charge in [0.25, 0.3) is 0 Å². The van der Waals surface area contributed by atoms with Crippen LogP contribution in [0.4, 0.5) is 0 Å². The first-order valence-electron chi connectivity index (χ1n) is 11.0. The van der Waals surface area contributed by atoms with Crippen molar-refractivity contribution in [1.82, 2.24) is 0 Å². The summed E-state index contributed by atoms with van der Waals surface area (Å²) in [6, 6.07) is 0. The molecule has 182 valence electrons. The molecule has 0 saturated carbocycles. The second kappa shape index (κ2) is 12.3. The first-order valence-corrected chi connectivity index (χ1v) is 11.0. The van der Waals surface area contributed by atoms with Crippen LogP contribution in [-0.2, 0) is 47.6 Å². The Balaban J connectivity index is 2.17. The Hall–Kier alpha value is -2.04. The SMILES string of the molecule is CO[C@H]1O[C@H](CCC[C@H]2OCCC[C@@H]2C(C)=O)[C@@H](OC(C)=O)[C@H](OC(C)=O)[C@H]1OC(C)=O. The zero-order chi connectivity index (χ0) is 23.8. The van der Waals surface area contributed by atoms with Gasteiger partial charge in [-0.05, 0) is 39.0 Å². The smallest absolute Gasteiger partial charge is 0.303 e. The molecule has 0 aliphatic carbocycles. The van der Waals surface area contributed by atoms with Gasteiger partial charge >= 0.3 is 17.9 Å². The fourth-order valence-electron chi connectivity index (χ4n) is 4.39. The van der Waals surface area contributed by atoms with E-state index in [0.29, 0.717) is 25.9 Å². The minimum Gasteiger partial charge on any atom is -0.456 e. The molecule has 32 heavy (non-hydrogen) atoms. The molecule has 0 aromatic carbocycles. The molecule has 7 atom stereocenters. The topological polar surface area (TPSA) is 124 Å². The number of carbonyl (C=O) groups excluding carboxylic acids is 4. The number of esters is 3. The van der Waals surface area contributed by atoms with Crippen molar-refractivity contribution in [2.75, 3.05) is 13.7 Å². The lowest BCUT2D eigenvalue weighted by molar-refractivity contribution is -0.299. The lowest BCUT2D eigenvalue weighted by Crippen LogP contribution is -2.61. The van der Waals surface area contributed by atoms with E-state index in [0.717, 1.165) is 12.8 Å². The molecule has 2 aliphatic heterocycles. The average Bonchev–Trinajstić information content (AvgIpc) is 2.71. The summed E-state index contributed by atoms with van der Waals surface area (Å²) in [4.78, 5) is 47.1. The maximum Gasteiger partial charge on any atom is 0.303 e. The largest absolute Gasteiger partial charge is 0.456 e. The van der Waals surface area contributed by atoms with Gasteiger partial charge in [0.05, 0.1) is 6.10 Å². The molecule has 0 aromatic heterocycles. The quantitative estimate of drug-likeness (QED) is 0.372. The van der Waals surface area contributed by atoms with Gasteiger partial charge in [0, 0.05) is 40.4 Å². The first kappa shape index (κ1) is 26.2. The summed E-state index contributed by atoms with van der Waals surface area (Å²) in [6.07, 6.45) is -1.75. The van der Waals surface area contributed by atoms with Gasteiger partial charge in [0.2, 0.25) is 0 Å². The summed E-state index contributed by atoms with van der Waals surface area (Å²) in [5.74, 6) is -1.86. The molecular weight excluding hydrogens is 424 g/mol. The predicted molar refractivity (Wildman–Crippen MR) is 109 cm³/mol. The van der Waals surface area contributed by atoms with Crippen LogP contribution in [0.3, 0.4) is 0 Å². The van der Waals surface area contributed by atoms with Crippen LogP contribution in [0.2, 0.25) is 0 Å². The minimum atomic E-state index is -1.11. The predicted octanol–water partition coefficient (Wildman–Crippen LogP) is 1.71. The number of carbonyl (C=O) groups is 4. The average molecular weight is 459 g/mol. The van der Waals surface area contributed by atoms with Gasteiger partial charge in [-0.25, -0.2) is 0 Å². The molecule has 0 radical (unpaired) electrons. The standard InChI is InChI=1S/C22H34O10/c1-12(23)16-8-7-11-28-17(16)9-6-10-18-19(29-13(2)24)20(30-14(3)25)21(31-15(4)26)22(27-5)32-18/h16-22H,6-11H2,1-5H3/t16-,17-,18-,19-,20+,21-,22+/m1/s1. The number of ketones is 1. The number of ether oxygens (including phenoxy) is 6. The first-order chi connectivity index (χ1) is 15.1. The summed E-state index contributed by atoms with van der Waals surface area (Å²) in [5, 5.41) is 0. The van der Waals surface area contributed by atoms with E-state index in [1.54, 1.807) is 6.92 Å². The fraction of sp³-hybridized carbons (Fsp3) is 0.818. The Morgan fingerprint density at radius 1 is 0.812 bits per heavy atom. The van der Waals surface area contributed by atoms with Gasteiger partial charge in [0.1, 0.15) is 11.9 Å². The Bertz CT molecular complexity index is 678. The van der Waals surface area contributed by atoms with Crippen molar-refractivity contribution in [2.45, 2.75) is 96.6 Å². The van der Waals surface area contributed by atoms with Crippen LogP contribution >= 0.6 is 0 Å². The normalized spacial score (nSPS) is 32.6. The van der Waals surface area contributed by atoms with Gasteiger partial charge in [-0.1, -0.05) is 0 Å². The van der Waals surface area contributed by atoms with Crippen molar-refractivity contribution in [2.24, 2.45) is 5.92 Å². The van der Waals surface area contributed by atoms with Crippen LogP contribution in [0.25, 0.3) is 0 Å². The third kappa shape index (κ3) is 7.25. The van der Waals surface area contributed by atoms with Crippen molar-refractivity contribution in [3.05, 3.63) is 0 Å². The molecule has 0 aromatic rings. The molecule has 2 rings (SSSR count). The van der Waals surface area contributed by atoms with E-state index in [9.17, 15) is 19.2 Å². The molecule has 2 aliphatic rings. The molecule has 2 saturated heterocycles. The highest BCUT2D eigenvalue weighted by atomic mass is 16.7. The summed E-state index contributed by atoms with van der Waals surface area (Å²) >= 11 is 0. The number of Topliss-reactive ketones (excluding diaryl/α,β-unsaturated/α-hetero) is 1. The van der Waals surface area contributed by atoms with Crippen LogP contribution in [0.1, 0.15) is 59.8 Å². The second-order valence-corrected chi connectivity index (χ2v) is 8.20. The Kier molecular flexibility index (Phi) is 10.0.